The van der Waals surface area contributed by atoms with Crippen molar-refractivity contribution in [3.05, 3.63) is 69.9 Å². The van der Waals surface area contributed by atoms with E-state index >= 15 is 0 Å². The number of likely N-dealkylation sites (N-methyl/N-ethyl adjacent to an activating group) is 1. The van der Waals surface area contributed by atoms with Gasteiger partial charge in [0, 0.05) is 19.1 Å². The van der Waals surface area contributed by atoms with Crippen molar-refractivity contribution in [2.24, 2.45) is 5.73 Å². The zero-order valence-corrected chi connectivity index (χ0v) is 13.7. The Bertz CT molecular complexity index is 574. The molecular weight excluding hydrogens is 331 g/mol. The van der Waals surface area contributed by atoms with Crippen molar-refractivity contribution >= 4 is 15.9 Å². The SMILES string of the molecule is CCN(Cc1ccccc1)C(CN)c1ccc(F)c(Br)c1. The maximum atomic E-state index is 13.4. The number of hydrogen-bond acceptors (Lipinski definition) is 2. The summed E-state index contributed by atoms with van der Waals surface area (Å²) in [7, 11) is 0. The van der Waals surface area contributed by atoms with Crippen LogP contribution in [-0.4, -0.2) is 18.0 Å². The zero-order valence-electron chi connectivity index (χ0n) is 12.1. The molecule has 0 radical (unpaired) electrons. The summed E-state index contributed by atoms with van der Waals surface area (Å²) in [5, 5.41) is 0. The lowest BCUT2D eigenvalue weighted by Crippen LogP contribution is -2.33. The first kappa shape index (κ1) is 16.1. The van der Waals surface area contributed by atoms with E-state index in [2.05, 4.69) is 39.9 Å². The molecule has 0 spiro atoms. The Hall–Kier alpha value is -1.23. The molecule has 0 aromatic heterocycles. The van der Waals surface area contributed by atoms with Gasteiger partial charge in [0.1, 0.15) is 5.82 Å². The van der Waals surface area contributed by atoms with Crippen LogP contribution in [0, 0.1) is 5.82 Å². The molecule has 1 unspecified atom stereocenters. The van der Waals surface area contributed by atoms with Gasteiger partial charge in [0.05, 0.1) is 4.47 Å². The number of halogens is 2. The lowest BCUT2D eigenvalue weighted by atomic mass is 10.0. The van der Waals surface area contributed by atoms with Crippen LogP contribution in [0.1, 0.15) is 24.1 Å². The Kier molecular flexibility index (Phi) is 5.91. The van der Waals surface area contributed by atoms with Crippen molar-refractivity contribution in [2.75, 3.05) is 13.1 Å². The summed E-state index contributed by atoms with van der Waals surface area (Å²) < 4.78 is 13.9. The highest BCUT2D eigenvalue weighted by Crippen LogP contribution is 2.26. The van der Waals surface area contributed by atoms with E-state index in [0.717, 1.165) is 18.7 Å². The summed E-state index contributed by atoms with van der Waals surface area (Å²) in [6.07, 6.45) is 0. The second kappa shape index (κ2) is 7.69. The van der Waals surface area contributed by atoms with Gasteiger partial charge in [0.2, 0.25) is 0 Å². The summed E-state index contributed by atoms with van der Waals surface area (Å²) >= 11 is 3.25. The molecule has 0 saturated carbocycles. The Morgan fingerprint density at radius 1 is 1.19 bits per heavy atom. The van der Waals surface area contributed by atoms with Crippen LogP contribution in [0.15, 0.2) is 53.0 Å². The second-order valence-electron chi connectivity index (χ2n) is 4.97. The van der Waals surface area contributed by atoms with Crippen molar-refractivity contribution in [1.29, 1.82) is 0 Å². The third-order valence-corrected chi connectivity index (χ3v) is 4.23. The molecule has 0 bridgehead atoms. The first-order chi connectivity index (χ1) is 10.2. The molecule has 1 atom stereocenters. The molecular formula is C17H20BrFN2. The van der Waals surface area contributed by atoms with Crippen LogP contribution in [0.3, 0.4) is 0 Å². The molecule has 0 saturated heterocycles. The molecule has 0 aliphatic rings. The fraction of sp³-hybridized carbons (Fsp3) is 0.294. The van der Waals surface area contributed by atoms with Crippen LogP contribution in [0.25, 0.3) is 0 Å². The van der Waals surface area contributed by atoms with E-state index in [1.165, 1.54) is 11.6 Å². The first-order valence-corrected chi connectivity index (χ1v) is 7.88. The third-order valence-electron chi connectivity index (χ3n) is 3.63. The van der Waals surface area contributed by atoms with Gasteiger partial charge in [-0.15, -0.1) is 0 Å². The zero-order chi connectivity index (χ0) is 15.2. The molecule has 2 aromatic rings. The van der Waals surface area contributed by atoms with Crippen LogP contribution >= 0.6 is 15.9 Å². The van der Waals surface area contributed by atoms with Crippen molar-refractivity contribution in [3.8, 4) is 0 Å². The van der Waals surface area contributed by atoms with Crippen molar-refractivity contribution in [1.82, 2.24) is 4.90 Å². The molecule has 2 aromatic carbocycles. The van der Waals surface area contributed by atoms with Gasteiger partial charge in [0.15, 0.2) is 0 Å². The molecule has 0 heterocycles. The van der Waals surface area contributed by atoms with Crippen molar-refractivity contribution < 1.29 is 4.39 Å². The van der Waals surface area contributed by atoms with Gasteiger partial charge < -0.3 is 5.73 Å². The minimum Gasteiger partial charge on any atom is -0.329 e. The van der Waals surface area contributed by atoms with E-state index < -0.39 is 0 Å². The van der Waals surface area contributed by atoms with Crippen LogP contribution < -0.4 is 5.73 Å². The Morgan fingerprint density at radius 3 is 2.48 bits per heavy atom. The van der Waals surface area contributed by atoms with Crippen LogP contribution in [0.4, 0.5) is 4.39 Å². The van der Waals surface area contributed by atoms with Gasteiger partial charge in [-0.3, -0.25) is 4.90 Å². The Morgan fingerprint density at radius 2 is 1.90 bits per heavy atom. The fourth-order valence-electron chi connectivity index (χ4n) is 2.48. The van der Waals surface area contributed by atoms with Crippen LogP contribution in [-0.2, 0) is 6.54 Å². The quantitative estimate of drug-likeness (QED) is 0.849. The molecule has 2 rings (SSSR count). The smallest absolute Gasteiger partial charge is 0.137 e. The number of nitrogens with two attached hydrogens (primary N) is 1. The highest BCUT2D eigenvalue weighted by molar-refractivity contribution is 9.10. The van der Waals surface area contributed by atoms with Gasteiger partial charge in [-0.05, 0) is 45.7 Å². The summed E-state index contributed by atoms with van der Waals surface area (Å²) in [6.45, 7) is 4.32. The second-order valence-corrected chi connectivity index (χ2v) is 5.83. The predicted octanol–water partition coefficient (Wildman–Crippen LogP) is 4.11. The summed E-state index contributed by atoms with van der Waals surface area (Å²) in [6, 6.07) is 15.5. The minimum atomic E-state index is -0.249. The maximum Gasteiger partial charge on any atom is 0.137 e. The average Bonchev–Trinajstić information content (AvgIpc) is 2.51. The van der Waals surface area contributed by atoms with Crippen molar-refractivity contribution in [2.45, 2.75) is 19.5 Å². The number of hydrogen-bond donors (Lipinski definition) is 1. The van der Waals surface area contributed by atoms with Crippen LogP contribution in [0.5, 0.6) is 0 Å². The fourth-order valence-corrected chi connectivity index (χ4v) is 2.87. The van der Waals surface area contributed by atoms with Gasteiger partial charge in [-0.1, -0.05) is 43.3 Å². The molecule has 0 aliphatic heterocycles. The van der Waals surface area contributed by atoms with E-state index in [9.17, 15) is 4.39 Å². The summed E-state index contributed by atoms with van der Waals surface area (Å²) in [5.41, 5.74) is 8.25. The lowest BCUT2D eigenvalue weighted by molar-refractivity contribution is 0.203. The first-order valence-electron chi connectivity index (χ1n) is 7.08. The highest BCUT2D eigenvalue weighted by Gasteiger charge is 2.18. The molecule has 2 N–H and O–H groups in total. The van der Waals surface area contributed by atoms with Crippen LogP contribution in [0.2, 0.25) is 0 Å². The van der Waals surface area contributed by atoms with Gasteiger partial charge in [-0.2, -0.15) is 0 Å². The van der Waals surface area contributed by atoms with Gasteiger partial charge >= 0.3 is 0 Å². The highest BCUT2D eigenvalue weighted by atomic mass is 79.9. The molecule has 21 heavy (non-hydrogen) atoms. The van der Waals surface area contributed by atoms with E-state index in [4.69, 9.17) is 5.73 Å². The van der Waals surface area contributed by atoms with Gasteiger partial charge in [-0.25, -0.2) is 4.39 Å². The molecule has 0 fully saturated rings. The Balaban J connectivity index is 2.22. The number of benzene rings is 2. The molecule has 4 heteroatoms. The minimum absolute atomic E-state index is 0.0760. The third kappa shape index (κ3) is 4.13. The van der Waals surface area contributed by atoms with Crippen molar-refractivity contribution in [3.63, 3.8) is 0 Å². The lowest BCUT2D eigenvalue weighted by Gasteiger charge is -2.30. The largest absolute Gasteiger partial charge is 0.329 e. The molecule has 112 valence electrons. The molecule has 0 aliphatic carbocycles. The standard InChI is InChI=1S/C17H20BrFN2/c1-2-21(12-13-6-4-3-5-7-13)17(11-20)14-8-9-16(19)15(18)10-14/h3-10,17H,2,11-12,20H2,1H3. The summed E-state index contributed by atoms with van der Waals surface area (Å²) in [4.78, 5) is 2.30. The van der Waals surface area contributed by atoms with E-state index in [-0.39, 0.29) is 11.9 Å². The molecule has 2 nitrogen and oxygen atoms in total. The Labute approximate surface area is 133 Å². The number of rotatable bonds is 6. The normalized spacial score (nSPS) is 12.6. The average molecular weight is 351 g/mol. The van der Waals surface area contributed by atoms with E-state index in [0.29, 0.717) is 11.0 Å². The topological polar surface area (TPSA) is 29.3 Å². The molecule has 0 amide bonds. The maximum absolute atomic E-state index is 13.4. The number of nitrogens with zero attached hydrogens (tertiary/aromatic N) is 1. The van der Waals surface area contributed by atoms with Gasteiger partial charge in [0.25, 0.3) is 0 Å². The monoisotopic (exact) mass is 350 g/mol. The predicted molar refractivity (Wildman–Crippen MR) is 88.4 cm³/mol. The van der Waals surface area contributed by atoms with E-state index in [1.54, 1.807) is 0 Å². The summed E-state index contributed by atoms with van der Waals surface area (Å²) in [5.74, 6) is -0.249. The van der Waals surface area contributed by atoms with E-state index in [1.807, 2.05) is 30.3 Å².